The summed E-state index contributed by atoms with van der Waals surface area (Å²) < 4.78 is 8.58. The molecule has 6 aromatic heterocycles. The van der Waals surface area contributed by atoms with Gasteiger partial charge >= 0.3 is 0 Å². The molecule has 0 fully saturated rings. The third kappa shape index (κ3) is 16.5. The Morgan fingerprint density at radius 3 is 1.57 bits per heavy atom. The van der Waals surface area contributed by atoms with E-state index in [1.165, 1.54) is 29.0 Å². The summed E-state index contributed by atoms with van der Waals surface area (Å²) >= 11 is 0. The minimum atomic E-state index is 0.424. The van der Waals surface area contributed by atoms with Gasteiger partial charge in [-0.1, -0.05) is 79.6 Å². The number of aromatic nitrogens is 14. The summed E-state index contributed by atoms with van der Waals surface area (Å²) in [6, 6.07) is 0.424. The fourth-order valence-electron chi connectivity index (χ4n) is 4.86. The molecule has 3 N–H and O–H groups in total. The van der Waals surface area contributed by atoms with Crippen molar-refractivity contribution < 1.29 is 4.52 Å². The predicted molar refractivity (Wildman–Crippen MR) is 211 cm³/mol. The summed E-state index contributed by atoms with van der Waals surface area (Å²) in [6.07, 6.45) is 10.3. The lowest BCUT2D eigenvalue weighted by molar-refractivity contribution is 0.408. The number of H-pyrrole nitrogens is 3. The summed E-state index contributed by atoms with van der Waals surface area (Å²) in [5.74, 6) is 4.49. The molecular weight excluding hydrogens is 669 g/mol. The van der Waals surface area contributed by atoms with Gasteiger partial charge in [0.05, 0.1) is 35.8 Å². The molecule has 0 saturated heterocycles. The molecular formula is C38H66N14O. The molecule has 0 atom stereocenters. The Labute approximate surface area is 316 Å². The average molecular weight is 735 g/mol. The third-order valence-corrected chi connectivity index (χ3v) is 7.68. The van der Waals surface area contributed by atoms with Crippen LogP contribution in [0.5, 0.6) is 0 Å². The van der Waals surface area contributed by atoms with Crippen molar-refractivity contribution >= 4 is 0 Å². The van der Waals surface area contributed by atoms with Crippen LogP contribution in [0.3, 0.4) is 0 Å². The van der Waals surface area contributed by atoms with E-state index in [1.54, 1.807) is 25.1 Å². The van der Waals surface area contributed by atoms with Crippen molar-refractivity contribution in [2.24, 2.45) is 7.05 Å². The molecule has 0 radical (unpaired) electrons. The zero-order chi connectivity index (χ0) is 40.2. The van der Waals surface area contributed by atoms with Gasteiger partial charge < -0.3 is 14.1 Å². The molecule has 6 aromatic rings. The number of nitrogens with one attached hydrogen (secondary N) is 3. The predicted octanol–water partition coefficient (Wildman–Crippen LogP) is 8.82. The largest absolute Gasteiger partial charge is 0.364 e. The smallest absolute Gasteiger partial charge is 0.137 e. The monoisotopic (exact) mass is 735 g/mol. The van der Waals surface area contributed by atoms with Crippen LogP contribution in [0, 0.1) is 27.7 Å². The van der Waals surface area contributed by atoms with Gasteiger partial charge in [0, 0.05) is 41.9 Å². The van der Waals surface area contributed by atoms with Crippen molar-refractivity contribution in [2.75, 3.05) is 0 Å². The van der Waals surface area contributed by atoms with E-state index in [2.05, 4.69) is 151 Å². The Kier molecular flexibility index (Phi) is 20.5. The zero-order valence-electron chi connectivity index (χ0n) is 35.3. The summed E-state index contributed by atoms with van der Waals surface area (Å²) in [7, 11) is 1.95. The molecule has 0 aliphatic heterocycles. The molecule has 53 heavy (non-hydrogen) atoms. The highest BCUT2D eigenvalue weighted by molar-refractivity contribution is 5.17. The fourth-order valence-corrected chi connectivity index (χ4v) is 4.86. The first-order valence-corrected chi connectivity index (χ1v) is 18.3. The van der Waals surface area contributed by atoms with Crippen LogP contribution in [-0.4, -0.2) is 70.3 Å². The van der Waals surface area contributed by atoms with Crippen molar-refractivity contribution in [1.82, 2.24) is 70.3 Å². The van der Waals surface area contributed by atoms with Gasteiger partial charge in [0.25, 0.3) is 0 Å². The highest BCUT2D eigenvalue weighted by atomic mass is 16.5. The summed E-state index contributed by atoms with van der Waals surface area (Å²) in [6.45, 7) is 33.4. The SMILES string of the molecule is CC(C)c1ncn[nH]1.CC(C)c1nncn1C.Cc1[nH]cnc1C(C)C.Cc1cn[nH]c1C(C)C.Cc1cnnn1C(C)C.Cc1conc1C(C)C. The van der Waals surface area contributed by atoms with Crippen LogP contribution in [0.4, 0.5) is 0 Å². The fraction of sp³-hybridized carbons (Fsp3) is 0.605. The van der Waals surface area contributed by atoms with E-state index < -0.39 is 0 Å². The van der Waals surface area contributed by atoms with Gasteiger partial charge in [-0.2, -0.15) is 10.2 Å². The summed E-state index contributed by atoms with van der Waals surface area (Å²) in [5.41, 5.74) is 8.19. The highest BCUT2D eigenvalue weighted by Crippen LogP contribution is 2.16. The van der Waals surface area contributed by atoms with Crippen LogP contribution < -0.4 is 0 Å². The molecule has 6 heterocycles. The van der Waals surface area contributed by atoms with Crippen molar-refractivity contribution in [3.8, 4) is 0 Å². The second kappa shape index (κ2) is 23.6. The van der Waals surface area contributed by atoms with Gasteiger partial charge in [0.1, 0.15) is 30.6 Å². The van der Waals surface area contributed by atoms with E-state index >= 15 is 0 Å². The Morgan fingerprint density at radius 1 is 0.679 bits per heavy atom. The van der Waals surface area contributed by atoms with Crippen LogP contribution in [0.1, 0.15) is 170 Å². The van der Waals surface area contributed by atoms with Gasteiger partial charge in [-0.25, -0.2) is 14.6 Å². The van der Waals surface area contributed by atoms with E-state index in [0.29, 0.717) is 35.6 Å². The minimum absolute atomic E-state index is 0.424. The van der Waals surface area contributed by atoms with Crippen LogP contribution in [0.2, 0.25) is 0 Å². The second-order valence-corrected chi connectivity index (χ2v) is 14.6. The molecule has 0 unspecified atom stereocenters. The molecule has 15 nitrogen and oxygen atoms in total. The molecule has 0 spiro atoms. The topological polar surface area (TPSA) is 186 Å². The summed E-state index contributed by atoms with van der Waals surface area (Å²) in [5, 5.41) is 32.5. The van der Waals surface area contributed by atoms with Gasteiger partial charge in [-0.05, 0) is 64.9 Å². The van der Waals surface area contributed by atoms with Crippen molar-refractivity contribution in [1.29, 1.82) is 0 Å². The lowest BCUT2D eigenvalue weighted by atomic mass is 10.1. The Morgan fingerprint density at radius 2 is 1.34 bits per heavy atom. The maximum atomic E-state index is 4.76. The first-order chi connectivity index (χ1) is 24.9. The number of hydrogen-bond acceptors (Lipinski definition) is 10. The number of rotatable bonds is 6. The summed E-state index contributed by atoms with van der Waals surface area (Å²) in [4.78, 5) is 11.1. The highest BCUT2D eigenvalue weighted by Gasteiger charge is 2.07. The molecule has 0 amide bonds. The average Bonchev–Trinajstić information content (AvgIpc) is 3.92. The first kappa shape index (κ1) is 46.1. The Hall–Kier alpha value is -4.95. The van der Waals surface area contributed by atoms with E-state index in [-0.39, 0.29) is 0 Å². The van der Waals surface area contributed by atoms with Crippen molar-refractivity contribution in [3.05, 3.63) is 88.9 Å². The van der Waals surface area contributed by atoms with Crippen LogP contribution in [-0.2, 0) is 7.05 Å². The van der Waals surface area contributed by atoms with Crippen molar-refractivity contribution in [3.63, 3.8) is 0 Å². The van der Waals surface area contributed by atoms with Gasteiger partial charge in [0.15, 0.2) is 0 Å². The number of hydrogen-bond donors (Lipinski definition) is 3. The quantitative estimate of drug-likeness (QED) is 0.149. The second-order valence-electron chi connectivity index (χ2n) is 14.6. The van der Waals surface area contributed by atoms with Gasteiger partial charge in [-0.15, -0.1) is 15.3 Å². The minimum Gasteiger partial charge on any atom is -0.364 e. The standard InChI is InChI=1S/2C7H12N2.C7H11NO.2C6H11N3.C5H9N3/c1-5(2)7-6(3)8-4-9-7;1-5(2)7-6(3)4-8-9-7;1-5(2)7-6(3)4-9-8-7;1-5(2)6-8-7-4-9(6)3;1-5(2)9-6(3)4-7-8-9;1-4(2)5-6-3-7-8-5/h2*4-5H,1-3H3,(H,8,9);3*4-5H,1-3H3;3-4H,1-2H3,(H,6,7,8). The van der Waals surface area contributed by atoms with E-state index in [9.17, 15) is 0 Å². The van der Waals surface area contributed by atoms with Crippen molar-refractivity contribution in [2.45, 2.75) is 146 Å². The molecule has 0 aliphatic rings. The molecule has 15 heteroatoms. The maximum absolute atomic E-state index is 4.76. The third-order valence-electron chi connectivity index (χ3n) is 7.68. The van der Waals surface area contributed by atoms with Crippen LogP contribution in [0.25, 0.3) is 0 Å². The van der Waals surface area contributed by atoms with E-state index in [0.717, 1.165) is 28.6 Å². The van der Waals surface area contributed by atoms with Gasteiger partial charge in [-0.3, -0.25) is 10.2 Å². The van der Waals surface area contributed by atoms with E-state index in [1.807, 2.05) is 43.3 Å². The molecule has 0 aliphatic carbocycles. The molecule has 0 aromatic carbocycles. The molecule has 0 bridgehead atoms. The van der Waals surface area contributed by atoms with Crippen LogP contribution in [0.15, 0.2) is 42.2 Å². The molecule has 294 valence electrons. The Balaban J connectivity index is 0.000000318. The Bertz CT molecular complexity index is 1510. The van der Waals surface area contributed by atoms with Crippen LogP contribution >= 0.6 is 0 Å². The van der Waals surface area contributed by atoms with Gasteiger partial charge in [0.2, 0.25) is 0 Å². The molecule has 0 saturated carbocycles. The normalized spacial score (nSPS) is 10.6. The first-order valence-electron chi connectivity index (χ1n) is 18.3. The lowest BCUT2D eigenvalue weighted by Crippen LogP contribution is -2.04. The van der Waals surface area contributed by atoms with E-state index in [4.69, 9.17) is 4.52 Å². The number of aryl methyl sites for hydroxylation is 5. The zero-order valence-corrected chi connectivity index (χ0v) is 35.3. The lowest BCUT2D eigenvalue weighted by Gasteiger charge is -2.04. The number of imidazole rings is 1. The molecule has 6 rings (SSSR count). The number of nitrogens with zero attached hydrogens (tertiary/aromatic N) is 11. The number of aromatic amines is 3. The maximum Gasteiger partial charge on any atom is 0.137 e.